The van der Waals surface area contributed by atoms with E-state index in [9.17, 15) is 4.79 Å². The van der Waals surface area contributed by atoms with Gasteiger partial charge in [0.05, 0.1) is 22.7 Å². The number of nitrogens with one attached hydrogen (secondary N) is 3. The van der Waals surface area contributed by atoms with Crippen molar-refractivity contribution >= 4 is 16.7 Å². The molecule has 0 atom stereocenters. The van der Waals surface area contributed by atoms with Crippen LogP contribution in [0.15, 0.2) is 47.3 Å². The molecule has 0 radical (unpaired) electrons. The Bertz CT molecular complexity index is 854. The van der Waals surface area contributed by atoms with Gasteiger partial charge in [0.25, 0.3) is 0 Å². The van der Waals surface area contributed by atoms with E-state index in [0.717, 1.165) is 22.3 Å². The smallest absolute Gasteiger partial charge is 0.323 e. The summed E-state index contributed by atoms with van der Waals surface area (Å²) in [6.07, 6.45) is 0. The summed E-state index contributed by atoms with van der Waals surface area (Å²) in [5.41, 5.74) is 3.81. The van der Waals surface area contributed by atoms with E-state index in [1.165, 1.54) is 0 Å². The first-order chi connectivity index (χ1) is 9.76. The molecule has 0 spiro atoms. The van der Waals surface area contributed by atoms with E-state index >= 15 is 0 Å². The first kappa shape index (κ1) is 12.1. The quantitative estimate of drug-likeness (QED) is 0.678. The molecule has 98 valence electrons. The zero-order valence-electron chi connectivity index (χ0n) is 10.6. The Hall–Kier alpha value is -3.00. The molecular formula is C15H12N4O. The zero-order valence-corrected chi connectivity index (χ0v) is 10.6. The van der Waals surface area contributed by atoms with Crippen molar-refractivity contribution in [2.75, 3.05) is 5.32 Å². The standard InChI is InChI=1S/C15H12N4O/c16-8-10-3-1-2-4-11(10)9-17-12-5-6-13-14(7-12)19-15(20)18-13/h1-7,17H,9H2,(H2,18,19,20). The molecule has 5 nitrogen and oxygen atoms in total. The highest BCUT2D eigenvalue weighted by atomic mass is 16.1. The summed E-state index contributed by atoms with van der Waals surface area (Å²) in [5, 5.41) is 12.3. The Labute approximate surface area is 114 Å². The summed E-state index contributed by atoms with van der Waals surface area (Å²) < 4.78 is 0. The van der Waals surface area contributed by atoms with Gasteiger partial charge in [-0.2, -0.15) is 5.26 Å². The fourth-order valence-electron chi connectivity index (χ4n) is 2.12. The summed E-state index contributed by atoms with van der Waals surface area (Å²) in [4.78, 5) is 16.6. The summed E-state index contributed by atoms with van der Waals surface area (Å²) in [6.45, 7) is 0.559. The van der Waals surface area contributed by atoms with Gasteiger partial charge < -0.3 is 15.3 Å². The third-order valence-electron chi connectivity index (χ3n) is 3.14. The van der Waals surface area contributed by atoms with Gasteiger partial charge in [-0.1, -0.05) is 18.2 Å². The molecule has 1 aromatic heterocycles. The van der Waals surface area contributed by atoms with Crippen LogP contribution in [0.1, 0.15) is 11.1 Å². The van der Waals surface area contributed by atoms with E-state index in [1.807, 2.05) is 36.4 Å². The minimum absolute atomic E-state index is 0.216. The number of benzene rings is 2. The van der Waals surface area contributed by atoms with Crippen molar-refractivity contribution in [2.45, 2.75) is 6.54 Å². The molecule has 0 aliphatic heterocycles. The topological polar surface area (TPSA) is 84.5 Å². The van der Waals surface area contributed by atoms with Crippen LogP contribution in [0.2, 0.25) is 0 Å². The molecule has 2 aromatic carbocycles. The van der Waals surface area contributed by atoms with Gasteiger partial charge in [0, 0.05) is 12.2 Å². The number of nitriles is 1. The molecule has 3 aromatic rings. The Morgan fingerprint density at radius 1 is 1.10 bits per heavy atom. The molecular weight excluding hydrogens is 252 g/mol. The molecule has 5 heteroatoms. The fraction of sp³-hybridized carbons (Fsp3) is 0.0667. The monoisotopic (exact) mass is 264 g/mol. The van der Waals surface area contributed by atoms with E-state index < -0.39 is 0 Å². The lowest BCUT2D eigenvalue weighted by atomic mass is 10.1. The summed E-state index contributed by atoms with van der Waals surface area (Å²) in [5.74, 6) is 0. The van der Waals surface area contributed by atoms with Crippen molar-refractivity contribution in [3.63, 3.8) is 0 Å². The Morgan fingerprint density at radius 2 is 1.90 bits per heavy atom. The van der Waals surface area contributed by atoms with Crippen LogP contribution in [-0.4, -0.2) is 9.97 Å². The predicted octanol–water partition coefficient (Wildman–Crippen LogP) is 2.34. The number of rotatable bonds is 3. The first-order valence-electron chi connectivity index (χ1n) is 6.20. The van der Waals surface area contributed by atoms with Gasteiger partial charge in [0.1, 0.15) is 0 Å². The van der Waals surface area contributed by atoms with Gasteiger partial charge in [-0.25, -0.2) is 4.79 Å². The average molecular weight is 264 g/mol. The largest absolute Gasteiger partial charge is 0.381 e. The van der Waals surface area contributed by atoms with Crippen molar-refractivity contribution < 1.29 is 0 Å². The van der Waals surface area contributed by atoms with Crippen molar-refractivity contribution in [2.24, 2.45) is 0 Å². The highest BCUT2D eigenvalue weighted by Gasteiger charge is 2.02. The number of imidazole rings is 1. The van der Waals surface area contributed by atoms with Gasteiger partial charge in [0.2, 0.25) is 0 Å². The minimum atomic E-state index is -0.216. The van der Waals surface area contributed by atoms with Crippen LogP contribution in [0.25, 0.3) is 11.0 Å². The number of anilines is 1. The fourth-order valence-corrected chi connectivity index (χ4v) is 2.12. The highest BCUT2D eigenvalue weighted by molar-refractivity contribution is 5.78. The maximum atomic E-state index is 11.2. The molecule has 0 amide bonds. The normalized spacial score (nSPS) is 10.3. The number of nitrogens with zero attached hydrogens (tertiary/aromatic N) is 1. The van der Waals surface area contributed by atoms with Gasteiger partial charge in [0.15, 0.2) is 0 Å². The molecule has 1 heterocycles. The lowest BCUT2D eigenvalue weighted by molar-refractivity contribution is 1.14. The average Bonchev–Trinajstić information content (AvgIpc) is 2.84. The van der Waals surface area contributed by atoms with E-state index in [0.29, 0.717) is 12.1 Å². The van der Waals surface area contributed by atoms with Crippen LogP contribution < -0.4 is 11.0 Å². The molecule has 0 saturated heterocycles. The number of H-pyrrole nitrogens is 2. The number of aromatic amines is 2. The van der Waals surface area contributed by atoms with Crippen molar-refractivity contribution in [3.8, 4) is 6.07 Å². The molecule has 0 aliphatic rings. The van der Waals surface area contributed by atoms with Gasteiger partial charge in [-0.15, -0.1) is 0 Å². The van der Waals surface area contributed by atoms with Crippen molar-refractivity contribution in [1.29, 1.82) is 5.26 Å². The third kappa shape index (κ3) is 2.27. The van der Waals surface area contributed by atoms with Crippen LogP contribution in [0.3, 0.4) is 0 Å². The lowest BCUT2D eigenvalue weighted by Gasteiger charge is -2.07. The zero-order chi connectivity index (χ0) is 13.9. The van der Waals surface area contributed by atoms with E-state index in [1.54, 1.807) is 6.07 Å². The van der Waals surface area contributed by atoms with Gasteiger partial charge in [-0.05, 0) is 29.8 Å². The van der Waals surface area contributed by atoms with Crippen LogP contribution >= 0.6 is 0 Å². The SMILES string of the molecule is N#Cc1ccccc1CNc1ccc2[nH]c(=O)[nH]c2c1. The number of hydrogen-bond acceptors (Lipinski definition) is 3. The number of aromatic nitrogens is 2. The second-order valence-corrected chi connectivity index (χ2v) is 4.46. The summed E-state index contributed by atoms with van der Waals surface area (Å²) in [6, 6.07) is 15.2. The molecule has 0 saturated carbocycles. The third-order valence-corrected chi connectivity index (χ3v) is 3.14. The molecule has 3 rings (SSSR count). The Balaban J connectivity index is 1.83. The van der Waals surface area contributed by atoms with Crippen LogP contribution in [-0.2, 0) is 6.54 Å². The van der Waals surface area contributed by atoms with E-state index in [-0.39, 0.29) is 5.69 Å². The molecule has 0 bridgehead atoms. The number of fused-ring (bicyclic) bond motifs is 1. The van der Waals surface area contributed by atoms with Gasteiger partial charge >= 0.3 is 5.69 Å². The molecule has 0 fully saturated rings. The minimum Gasteiger partial charge on any atom is -0.381 e. The molecule has 3 N–H and O–H groups in total. The first-order valence-corrected chi connectivity index (χ1v) is 6.20. The second kappa shape index (κ2) is 4.94. The highest BCUT2D eigenvalue weighted by Crippen LogP contribution is 2.16. The van der Waals surface area contributed by atoms with E-state index in [4.69, 9.17) is 5.26 Å². The lowest BCUT2D eigenvalue weighted by Crippen LogP contribution is -2.01. The predicted molar refractivity (Wildman–Crippen MR) is 77.4 cm³/mol. The number of hydrogen-bond donors (Lipinski definition) is 3. The van der Waals surface area contributed by atoms with Crippen LogP contribution in [0.5, 0.6) is 0 Å². The van der Waals surface area contributed by atoms with Gasteiger partial charge in [-0.3, -0.25) is 0 Å². The van der Waals surface area contributed by atoms with Crippen molar-refractivity contribution in [3.05, 3.63) is 64.1 Å². The summed E-state index contributed by atoms with van der Waals surface area (Å²) in [7, 11) is 0. The van der Waals surface area contributed by atoms with Crippen molar-refractivity contribution in [1.82, 2.24) is 9.97 Å². The van der Waals surface area contributed by atoms with Crippen LogP contribution in [0, 0.1) is 11.3 Å². The van der Waals surface area contributed by atoms with Crippen LogP contribution in [0.4, 0.5) is 5.69 Å². The molecule has 0 unspecified atom stereocenters. The maximum absolute atomic E-state index is 11.2. The Morgan fingerprint density at radius 3 is 2.75 bits per heavy atom. The Kier molecular flexibility index (Phi) is 2.98. The molecule has 0 aliphatic carbocycles. The molecule has 20 heavy (non-hydrogen) atoms. The van der Waals surface area contributed by atoms with E-state index in [2.05, 4.69) is 21.4 Å². The summed E-state index contributed by atoms with van der Waals surface area (Å²) >= 11 is 0. The second-order valence-electron chi connectivity index (χ2n) is 4.46. The maximum Gasteiger partial charge on any atom is 0.323 e.